The van der Waals surface area contributed by atoms with Gasteiger partial charge in [0.15, 0.2) is 6.10 Å². The number of aliphatic carboxylic acids is 1. The summed E-state index contributed by atoms with van der Waals surface area (Å²) in [4.78, 5) is 12.8. The van der Waals surface area contributed by atoms with Gasteiger partial charge >= 0.3 is 5.97 Å². The molecule has 0 amide bonds. The van der Waals surface area contributed by atoms with Crippen molar-refractivity contribution in [3.8, 4) is 0 Å². The number of carboxylic acid groups (broad SMARTS) is 1. The predicted molar refractivity (Wildman–Crippen MR) is 64.1 cm³/mol. The summed E-state index contributed by atoms with van der Waals surface area (Å²) in [6, 6.07) is 4.52. The van der Waals surface area contributed by atoms with E-state index >= 15 is 0 Å². The first kappa shape index (κ1) is 13.3. The van der Waals surface area contributed by atoms with Crippen molar-refractivity contribution >= 4 is 17.6 Å². The van der Waals surface area contributed by atoms with Crippen LogP contribution in [0.1, 0.15) is 5.56 Å². The molecular weight excluding hydrogens is 261 g/mol. The minimum atomic E-state index is -0.961. The molecule has 1 aromatic rings. The molecule has 0 bridgehead atoms. The lowest BCUT2D eigenvalue weighted by molar-refractivity contribution is -0.156. The average molecular weight is 274 g/mol. The van der Waals surface area contributed by atoms with Crippen molar-refractivity contribution in [1.82, 2.24) is 4.90 Å². The highest BCUT2D eigenvalue weighted by Crippen LogP contribution is 2.18. The van der Waals surface area contributed by atoms with Crippen molar-refractivity contribution in [2.45, 2.75) is 12.6 Å². The van der Waals surface area contributed by atoms with E-state index in [4.69, 9.17) is 21.4 Å². The SMILES string of the molecule is O=C(O)C1CN(Cc2ccc(F)c(Cl)c2)CCO1. The Morgan fingerprint density at radius 2 is 2.39 bits per heavy atom. The first-order valence-electron chi connectivity index (χ1n) is 5.57. The zero-order chi connectivity index (χ0) is 13.1. The smallest absolute Gasteiger partial charge is 0.334 e. The summed E-state index contributed by atoms with van der Waals surface area (Å²) in [5.74, 6) is -1.41. The summed E-state index contributed by atoms with van der Waals surface area (Å²) >= 11 is 5.70. The van der Waals surface area contributed by atoms with Crippen LogP contribution in [0.5, 0.6) is 0 Å². The van der Waals surface area contributed by atoms with Crippen LogP contribution in [-0.2, 0) is 16.1 Å². The first-order valence-corrected chi connectivity index (χ1v) is 5.95. The zero-order valence-electron chi connectivity index (χ0n) is 9.60. The molecular formula is C12H13ClFNO3. The molecule has 0 aromatic heterocycles. The zero-order valence-corrected chi connectivity index (χ0v) is 10.4. The van der Waals surface area contributed by atoms with E-state index < -0.39 is 17.9 Å². The van der Waals surface area contributed by atoms with Crippen LogP contribution in [0.15, 0.2) is 18.2 Å². The molecule has 4 nitrogen and oxygen atoms in total. The van der Waals surface area contributed by atoms with E-state index in [1.165, 1.54) is 6.07 Å². The Labute approximate surface area is 109 Å². The van der Waals surface area contributed by atoms with E-state index in [9.17, 15) is 9.18 Å². The fourth-order valence-corrected chi connectivity index (χ4v) is 2.09. The number of carbonyl (C=O) groups is 1. The van der Waals surface area contributed by atoms with E-state index in [2.05, 4.69) is 0 Å². The molecule has 98 valence electrons. The number of carboxylic acids is 1. The Morgan fingerprint density at radius 3 is 3.06 bits per heavy atom. The van der Waals surface area contributed by atoms with Gasteiger partial charge < -0.3 is 9.84 Å². The minimum Gasteiger partial charge on any atom is -0.479 e. The fourth-order valence-electron chi connectivity index (χ4n) is 1.89. The summed E-state index contributed by atoms with van der Waals surface area (Å²) in [5, 5.41) is 8.96. The van der Waals surface area contributed by atoms with Gasteiger partial charge in [-0.05, 0) is 17.7 Å². The number of hydrogen-bond donors (Lipinski definition) is 1. The third kappa shape index (κ3) is 3.19. The highest BCUT2D eigenvalue weighted by molar-refractivity contribution is 6.30. The molecule has 1 aromatic carbocycles. The molecule has 1 N–H and O–H groups in total. The molecule has 1 atom stereocenters. The largest absolute Gasteiger partial charge is 0.479 e. The lowest BCUT2D eigenvalue weighted by Gasteiger charge is -2.30. The van der Waals surface area contributed by atoms with Crippen LogP contribution in [-0.4, -0.2) is 41.8 Å². The van der Waals surface area contributed by atoms with E-state index in [1.54, 1.807) is 12.1 Å². The number of nitrogens with zero attached hydrogens (tertiary/aromatic N) is 1. The highest BCUT2D eigenvalue weighted by Gasteiger charge is 2.26. The molecule has 0 spiro atoms. The molecule has 1 heterocycles. The quantitative estimate of drug-likeness (QED) is 0.912. The number of morpholine rings is 1. The molecule has 1 unspecified atom stereocenters. The topological polar surface area (TPSA) is 49.8 Å². The van der Waals surface area contributed by atoms with E-state index in [0.29, 0.717) is 26.2 Å². The predicted octanol–water partition coefficient (Wildman–Crippen LogP) is 1.76. The molecule has 0 radical (unpaired) electrons. The van der Waals surface area contributed by atoms with Crippen molar-refractivity contribution < 1.29 is 19.0 Å². The molecule has 18 heavy (non-hydrogen) atoms. The van der Waals surface area contributed by atoms with Crippen molar-refractivity contribution in [1.29, 1.82) is 0 Å². The number of halogens is 2. The van der Waals surface area contributed by atoms with Crippen molar-refractivity contribution in [2.75, 3.05) is 19.7 Å². The van der Waals surface area contributed by atoms with Gasteiger partial charge in [0.25, 0.3) is 0 Å². The summed E-state index contributed by atoms with van der Waals surface area (Å²) in [6.07, 6.45) is -0.797. The van der Waals surface area contributed by atoms with Gasteiger partial charge in [-0.1, -0.05) is 17.7 Å². The van der Waals surface area contributed by atoms with Crippen molar-refractivity contribution in [2.24, 2.45) is 0 Å². The number of ether oxygens (including phenoxy) is 1. The van der Waals surface area contributed by atoms with Gasteiger partial charge in [0.2, 0.25) is 0 Å². The molecule has 1 aliphatic rings. The van der Waals surface area contributed by atoms with Crippen LogP contribution in [0, 0.1) is 5.82 Å². The molecule has 1 saturated heterocycles. The van der Waals surface area contributed by atoms with Gasteiger partial charge in [0.05, 0.1) is 11.6 Å². The monoisotopic (exact) mass is 273 g/mol. The Balaban J connectivity index is 2.00. The van der Waals surface area contributed by atoms with Gasteiger partial charge in [0, 0.05) is 19.6 Å². The third-order valence-electron chi connectivity index (χ3n) is 2.82. The number of hydrogen-bond acceptors (Lipinski definition) is 3. The maximum absolute atomic E-state index is 13.0. The lowest BCUT2D eigenvalue weighted by Crippen LogP contribution is -2.45. The molecule has 0 saturated carbocycles. The number of rotatable bonds is 3. The Hall–Kier alpha value is -1.17. The maximum Gasteiger partial charge on any atom is 0.334 e. The average Bonchev–Trinajstić information content (AvgIpc) is 2.34. The summed E-state index contributed by atoms with van der Waals surface area (Å²) < 4.78 is 18.1. The van der Waals surface area contributed by atoms with Crippen LogP contribution in [0.2, 0.25) is 5.02 Å². The summed E-state index contributed by atoms with van der Waals surface area (Å²) in [5.41, 5.74) is 0.854. The van der Waals surface area contributed by atoms with Crippen molar-refractivity contribution in [3.05, 3.63) is 34.6 Å². The standard InChI is InChI=1S/C12H13ClFNO3/c13-9-5-8(1-2-10(9)14)6-15-3-4-18-11(7-15)12(16)17/h1-2,5,11H,3-4,6-7H2,(H,16,17). The minimum absolute atomic E-state index is 0.0792. The first-order chi connectivity index (χ1) is 8.56. The summed E-state index contributed by atoms with van der Waals surface area (Å²) in [6.45, 7) is 1.89. The van der Waals surface area contributed by atoms with E-state index in [0.717, 1.165) is 5.56 Å². The number of benzene rings is 1. The van der Waals surface area contributed by atoms with Crippen LogP contribution in [0.25, 0.3) is 0 Å². The second kappa shape index (κ2) is 5.65. The van der Waals surface area contributed by atoms with Gasteiger partial charge in [-0.25, -0.2) is 9.18 Å². The van der Waals surface area contributed by atoms with Crippen LogP contribution < -0.4 is 0 Å². The molecule has 1 fully saturated rings. The second-order valence-electron chi connectivity index (χ2n) is 4.18. The molecule has 0 aliphatic carbocycles. The van der Waals surface area contributed by atoms with Gasteiger partial charge in [-0.15, -0.1) is 0 Å². The normalized spacial score (nSPS) is 20.9. The second-order valence-corrected chi connectivity index (χ2v) is 4.59. The van der Waals surface area contributed by atoms with E-state index in [-0.39, 0.29) is 5.02 Å². The van der Waals surface area contributed by atoms with Gasteiger partial charge in [0.1, 0.15) is 5.82 Å². The van der Waals surface area contributed by atoms with E-state index in [1.807, 2.05) is 4.90 Å². The molecule has 1 aliphatic heterocycles. The van der Waals surface area contributed by atoms with Gasteiger partial charge in [-0.3, -0.25) is 4.90 Å². The fraction of sp³-hybridized carbons (Fsp3) is 0.417. The van der Waals surface area contributed by atoms with Crippen LogP contribution >= 0.6 is 11.6 Å². The maximum atomic E-state index is 13.0. The van der Waals surface area contributed by atoms with Crippen LogP contribution in [0.3, 0.4) is 0 Å². The molecule has 6 heteroatoms. The Morgan fingerprint density at radius 1 is 1.61 bits per heavy atom. The summed E-state index contributed by atoms with van der Waals surface area (Å²) in [7, 11) is 0. The molecule has 2 rings (SSSR count). The van der Waals surface area contributed by atoms with Gasteiger partial charge in [-0.2, -0.15) is 0 Å². The van der Waals surface area contributed by atoms with Crippen LogP contribution in [0.4, 0.5) is 4.39 Å². The van der Waals surface area contributed by atoms with Crippen molar-refractivity contribution in [3.63, 3.8) is 0 Å². The lowest BCUT2D eigenvalue weighted by atomic mass is 10.2. The third-order valence-corrected chi connectivity index (χ3v) is 3.11. The Bertz CT molecular complexity index is 455. The Kier molecular flexibility index (Phi) is 4.16. The highest BCUT2D eigenvalue weighted by atomic mass is 35.5.